The Morgan fingerprint density at radius 3 is 2.21 bits per heavy atom. The van der Waals surface area contributed by atoms with E-state index >= 15 is 0 Å². The second-order valence-corrected chi connectivity index (χ2v) is 5.58. The summed E-state index contributed by atoms with van der Waals surface area (Å²) in [4.78, 5) is 0. The minimum atomic E-state index is 0.474. The fourth-order valence-corrected chi connectivity index (χ4v) is 2.34. The third-order valence-electron chi connectivity index (χ3n) is 3.78. The molecule has 1 rings (SSSR count). The van der Waals surface area contributed by atoms with Gasteiger partial charge in [0.05, 0.1) is 0 Å². The van der Waals surface area contributed by atoms with Gasteiger partial charge in [-0.05, 0) is 43.9 Å². The lowest BCUT2D eigenvalue weighted by atomic mass is 10.0. The normalized spacial score (nSPS) is 12.6. The van der Waals surface area contributed by atoms with Crippen molar-refractivity contribution in [1.29, 1.82) is 0 Å². The Bertz CT molecular complexity index is 315. The van der Waals surface area contributed by atoms with Crippen LogP contribution in [-0.2, 0) is 6.42 Å². The van der Waals surface area contributed by atoms with Crippen LogP contribution in [0.5, 0.6) is 0 Å². The maximum absolute atomic E-state index is 3.62. The molecule has 0 saturated heterocycles. The van der Waals surface area contributed by atoms with Gasteiger partial charge in [0.1, 0.15) is 0 Å². The van der Waals surface area contributed by atoms with Crippen molar-refractivity contribution >= 4 is 0 Å². The molecule has 0 aromatic heterocycles. The van der Waals surface area contributed by atoms with Crippen molar-refractivity contribution in [3.8, 4) is 0 Å². The molecule has 0 aliphatic heterocycles. The van der Waals surface area contributed by atoms with Crippen LogP contribution in [0, 0.1) is 0 Å². The van der Waals surface area contributed by atoms with Gasteiger partial charge in [0.15, 0.2) is 0 Å². The SMILES string of the molecule is CCCCCCNC(C)c1ccc(CCCC)cc1. The van der Waals surface area contributed by atoms with Gasteiger partial charge in [0, 0.05) is 6.04 Å². The van der Waals surface area contributed by atoms with Crippen LogP contribution in [0.4, 0.5) is 0 Å². The van der Waals surface area contributed by atoms with Crippen molar-refractivity contribution in [2.75, 3.05) is 6.54 Å². The van der Waals surface area contributed by atoms with Crippen molar-refractivity contribution in [3.63, 3.8) is 0 Å². The highest BCUT2D eigenvalue weighted by atomic mass is 14.9. The van der Waals surface area contributed by atoms with Crippen LogP contribution in [0.25, 0.3) is 0 Å². The second-order valence-electron chi connectivity index (χ2n) is 5.58. The van der Waals surface area contributed by atoms with E-state index in [9.17, 15) is 0 Å². The molecular weight excluding hydrogens is 230 g/mol. The quantitative estimate of drug-likeness (QED) is 0.566. The largest absolute Gasteiger partial charge is 0.310 e. The average molecular weight is 261 g/mol. The molecule has 1 aromatic rings. The Morgan fingerprint density at radius 2 is 1.58 bits per heavy atom. The molecule has 0 fully saturated rings. The van der Waals surface area contributed by atoms with E-state index in [2.05, 4.69) is 50.4 Å². The van der Waals surface area contributed by atoms with Crippen molar-refractivity contribution in [1.82, 2.24) is 5.32 Å². The van der Waals surface area contributed by atoms with Crippen LogP contribution < -0.4 is 5.32 Å². The molecule has 0 aliphatic carbocycles. The number of hydrogen-bond acceptors (Lipinski definition) is 1. The molecule has 1 atom stereocenters. The van der Waals surface area contributed by atoms with Crippen LogP contribution in [0.15, 0.2) is 24.3 Å². The summed E-state index contributed by atoms with van der Waals surface area (Å²) in [5.74, 6) is 0. The van der Waals surface area contributed by atoms with Crippen molar-refractivity contribution in [2.45, 2.75) is 71.8 Å². The summed E-state index contributed by atoms with van der Waals surface area (Å²) in [6.45, 7) is 7.91. The Hall–Kier alpha value is -0.820. The Morgan fingerprint density at radius 1 is 0.895 bits per heavy atom. The molecule has 19 heavy (non-hydrogen) atoms. The summed E-state index contributed by atoms with van der Waals surface area (Å²) in [5, 5.41) is 3.62. The molecule has 0 aliphatic rings. The zero-order chi connectivity index (χ0) is 13.9. The van der Waals surface area contributed by atoms with Crippen molar-refractivity contribution < 1.29 is 0 Å². The van der Waals surface area contributed by atoms with Gasteiger partial charge in [-0.25, -0.2) is 0 Å². The number of aryl methyl sites for hydroxylation is 1. The number of nitrogens with one attached hydrogen (secondary N) is 1. The molecule has 0 bridgehead atoms. The topological polar surface area (TPSA) is 12.0 Å². The summed E-state index contributed by atoms with van der Waals surface area (Å²) in [6.07, 6.45) is 9.12. The summed E-state index contributed by atoms with van der Waals surface area (Å²) in [5.41, 5.74) is 2.89. The third kappa shape index (κ3) is 6.77. The number of unbranched alkanes of at least 4 members (excludes halogenated alkanes) is 4. The first-order chi connectivity index (χ1) is 9.27. The molecule has 0 amide bonds. The molecule has 1 unspecified atom stereocenters. The van der Waals surface area contributed by atoms with Gasteiger partial charge >= 0.3 is 0 Å². The Kier molecular flexibility index (Phi) is 8.57. The maximum Gasteiger partial charge on any atom is 0.0291 e. The molecule has 1 N–H and O–H groups in total. The molecule has 1 heteroatoms. The molecule has 0 spiro atoms. The van der Waals surface area contributed by atoms with Gasteiger partial charge in [-0.2, -0.15) is 0 Å². The smallest absolute Gasteiger partial charge is 0.0291 e. The van der Waals surface area contributed by atoms with Gasteiger partial charge in [-0.1, -0.05) is 63.8 Å². The summed E-state index contributed by atoms with van der Waals surface area (Å²) < 4.78 is 0. The van der Waals surface area contributed by atoms with Crippen molar-refractivity contribution in [3.05, 3.63) is 35.4 Å². The zero-order valence-electron chi connectivity index (χ0n) is 13.0. The first kappa shape index (κ1) is 16.2. The van der Waals surface area contributed by atoms with E-state index in [0.717, 1.165) is 6.54 Å². The van der Waals surface area contributed by atoms with Crippen LogP contribution in [0.2, 0.25) is 0 Å². The predicted octanol–water partition coefficient (Wildman–Crippen LogP) is 5.26. The molecule has 1 nitrogen and oxygen atoms in total. The fourth-order valence-electron chi connectivity index (χ4n) is 2.34. The van der Waals surface area contributed by atoms with Gasteiger partial charge in [0.25, 0.3) is 0 Å². The van der Waals surface area contributed by atoms with Crippen LogP contribution >= 0.6 is 0 Å². The molecule has 0 radical (unpaired) electrons. The second kappa shape index (κ2) is 10.0. The monoisotopic (exact) mass is 261 g/mol. The zero-order valence-corrected chi connectivity index (χ0v) is 13.0. The van der Waals surface area contributed by atoms with Crippen LogP contribution in [0.3, 0.4) is 0 Å². The van der Waals surface area contributed by atoms with E-state index < -0.39 is 0 Å². The summed E-state index contributed by atoms with van der Waals surface area (Å²) in [6, 6.07) is 9.63. The maximum atomic E-state index is 3.62. The molecule has 108 valence electrons. The summed E-state index contributed by atoms with van der Waals surface area (Å²) >= 11 is 0. The van der Waals surface area contributed by atoms with Crippen molar-refractivity contribution in [2.24, 2.45) is 0 Å². The van der Waals surface area contributed by atoms with Gasteiger partial charge < -0.3 is 5.32 Å². The summed E-state index contributed by atoms with van der Waals surface area (Å²) in [7, 11) is 0. The van der Waals surface area contributed by atoms with E-state index in [1.165, 1.54) is 56.1 Å². The van der Waals surface area contributed by atoms with E-state index in [1.807, 2.05) is 0 Å². The highest BCUT2D eigenvalue weighted by Gasteiger charge is 2.04. The molecular formula is C18H31N. The average Bonchev–Trinajstić information content (AvgIpc) is 2.45. The van der Waals surface area contributed by atoms with E-state index in [-0.39, 0.29) is 0 Å². The highest BCUT2D eigenvalue weighted by molar-refractivity contribution is 5.24. The predicted molar refractivity (Wildman–Crippen MR) is 85.6 cm³/mol. The van der Waals surface area contributed by atoms with Gasteiger partial charge in [0.2, 0.25) is 0 Å². The van der Waals surface area contributed by atoms with E-state index in [0.29, 0.717) is 6.04 Å². The lowest BCUT2D eigenvalue weighted by Crippen LogP contribution is -2.19. The number of hydrogen-bond donors (Lipinski definition) is 1. The molecule has 0 saturated carbocycles. The lowest BCUT2D eigenvalue weighted by Gasteiger charge is -2.14. The van der Waals surface area contributed by atoms with E-state index in [4.69, 9.17) is 0 Å². The first-order valence-corrected chi connectivity index (χ1v) is 8.10. The number of rotatable bonds is 10. The lowest BCUT2D eigenvalue weighted by molar-refractivity contribution is 0.536. The fraction of sp³-hybridized carbons (Fsp3) is 0.667. The van der Waals surface area contributed by atoms with E-state index in [1.54, 1.807) is 0 Å². The highest BCUT2D eigenvalue weighted by Crippen LogP contribution is 2.14. The molecule has 1 aromatic carbocycles. The standard InChI is InChI=1S/C18H31N/c1-4-6-8-9-15-19-16(3)18-13-11-17(12-14-18)10-7-5-2/h11-14,16,19H,4-10,15H2,1-3H3. The Balaban J connectivity index is 2.29. The van der Waals surface area contributed by atoms with Gasteiger partial charge in [-0.15, -0.1) is 0 Å². The number of benzene rings is 1. The minimum absolute atomic E-state index is 0.474. The third-order valence-corrected chi connectivity index (χ3v) is 3.78. The first-order valence-electron chi connectivity index (χ1n) is 8.10. The molecule has 0 heterocycles. The van der Waals surface area contributed by atoms with Crippen LogP contribution in [-0.4, -0.2) is 6.54 Å². The minimum Gasteiger partial charge on any atom is -0.310 e. The van der Waals surface area contributed by atoms with Crippen LogP contribution in [0.1, 0.15) is 76.5 Å². The Labute approximate surface area is 119 Å². The van der Waals surface area contributed by atoms with Gasteiger partial charge in [-0.3, -0.25) is 0 Å².